The number of rotatable bonds is 9. The zero-order valence-electron chi connectivity index (χ0n) is 54.2. The van der Waals surface area contributed by atoms with Gasteiger partial charge in [-0.2, -0.15) is 0 Å². The number of benzene rings is 14. The normalized spacial score (nSPS) is 13.5. The van der Waals surface area contributed by atoms with Crippen LogP contribution in [0.15, 0.2) is 358 Å². The van der Waals surface area contributed by atoms with Crippen LogP contribution in [0.4, 0.5) is 34.1 Å². The third kappa shape index (κ3) is 8.55. The summed E-state index contributed by atoms with van der Waals surface area (Å²) in [6, 6.07) is 129. The minimum absolute atomic E-state index is 0.567. The van der Waals surface area contributed by atoms with Gasteiger partial charge in [-0.15, -0.1) is 10.2 Å². The maximum absolute atomic E-state index is 5.16. The summed E-state index contributed by atoms with van der Waals surface area (Å²) in [5.41, 5.74) is 31.4. The Morgan fingerprint density at radius 2 is 0.540 bits per heavy atom. The van der Waals surface area contributed by atoms with Gasteiger partial charge >= 0.3 is 0 Å². The Morgan fingerprint density at radius 3 is 1.06 bits per heavy atom. The molecule has 0 amide bonds. The summed E-state index contributed by atoms with van der Waals surface area (Å²) < 4.78 is 0. The third-order valence-corrected chi connectivity index (χ3v) is 21.1. The van der Waals surface area contributed by atoms with Crippen LogP contribution in [0.25, 0.3) is 101 Å². The third-order valence-electron chi connectivity index (χ3n) is 21.1. The number of hydrogen-bond donors (Lipinski definition) is 0. The van der Waals surface area contributed by atoms with Gasteiger partial charge in [0.15, 0.2) is 17.5 Å². The van der Waals surface area contributed by atoms with Crippen molar-refractivity contribution in [2.24, 2.45) is 0 Å². The molecule has 100 heavy (non-hydrogen) atoms. The topological polar surface area (TPSA) is 70.9 Å². The molecular weight excluding hydrogens is 1220 g/mol. The molecule has 0 saturated carbocycles. The van der Waals surface area contributed by atoms with Gasteiger partial charge in [-0.05, 0) is 162 Å². The molecule has 0 radical (unpaired) electrons. The highest BCUT2D eigenvalue weighted by molar-refractivity contribution is 5.99. The molecule has 0 bridgehead atoms. The van der Waals surface area contributed by atoms with Gasteiger partial charge in [-0.25, -0.2) is 15.0 Å². The summed E-state index contributed by atoms with van der Waals surface area (Å²) >= 11 is 0. The fraction of sp³-hybridized carbons (Fsp3) is 0.0215. The molecule has 0 N–H and O–H groups in total. The second kappa shape index (κ2) is 22.7. The van der Waals surface area contributed by atoms with Crippen molar-refractivity contribution in [2.75, 3.05) is 9.80 Å². The SMILES string of the molecule is c1ccc(-c2nc(-c3ccccc3)nc(-c3ccc4c(c3)-c3ccccc3C43c4ccccc4N(c4ccc(-c5ccc(-c6ccc(-c7ccccc7-c7ccc8c(c7)C7(c9ccccc9-8)c8ccccc8N(c8ccccc8)c8ccccc87)nn6)cc5)cc4)c4ccccc43)n2)cc1. The fourth-order valence-electron chi connectivity index (χ4n) is 16.8. The van der Waals surface area contributed by atoms with Crippen molar-refractivity contribution in [1.82, 2.24) is 25.1 Å². The van der Waals surface area contributed by atoms with Crippen molar-refractivity contribution in [3.63, 3.8) is 0 Å². The van der Waals surface area contributed by atoms with Gasteiger partial charge in [0.1, 0.15) is 0 Å². The van der Waals surface area contributed by atoms with Gasteiger partial charge in [-0.1, -0.05) is 285 Å². The summed E-state index contributed by atoms with van der Waals surface area (Å²) in [6.45, 7) is 0. The van der Waals surface area contributed by atoms with Gasteiger partial charge in [0.05, 0.1) is 45.0 Å². The average Bonchev–Trinajstić information content (AvgIpc) is 1.46. The second-order valence-corrected chi connectivity index (χ2v) is 26.2. The van der Waals surface area contributed by atoms with Crippen molar-refractivity contribution in [1.29, 1.82) is 0 Å². The lowest BCUT2D eigenvalue weighted by Crippen LogP contribution is -2.36. The Kier molecular flexibility index (Phi) is 13.0. The zero-order valence-corrected chi connectivity index (χ0v) is 54.2. The van der Waals surface area contributed by atoms with Crippen molar-refractivity contribution in [3.8, 4) is 101 Å². The van der Waals surface area contributed by atoms with Gasteiger partial charge < -0.3 is 9.80 Å². The number of para-hydroxylation sites is 5. The van der Waals surface area contributed by atoms with Gasteiger partial charge in [-0.3, -0.25) is 0 Å². The lowest BCUT2D eigenvalue weighted by molar-refractivity contribution is 0.752. The molecule has 20 rings (SSSR count). The molecule has 16 aromatic rings. The smallest absolute Gasteiger partial charge is 0.164 e. The van der Waals surface area contributed by atoms with Crippen LogP contribution in [0.5, 0.6) is 0 Å². The molecule has 0 unspecified atom stereocenters. The monoisotopic (exact) mass is 1270 g/mol. The van der Waals surface area contributed by atoms with E-state index in [1.54, 1.807) is 0 Å². The molecule has 2 aliphatic heterocycles. The van der Waals surface area contributed by atoms with Crippen LogP contribution in [0.2, 0.25) is 0 Å². The molecule has 0 saturated heterocycles. The van der Waals surface area contributed by atoms with E-state index in [1.165, 1.54) is 72.6 Å². The van der Waals surface area contributed by atoms with E-state index in [9.17, 15) is 0 Å². The van der Waals surface area contributed by atoms with Gasteiger partial charge in [0.25, 0.3) is 0 Å². The quantitative estimate of drug-likeness (QED) is 0.143. The molecule has 0 fully saturated rings. The summed E-state index contributed by atoms with van der Waals surface area (Å²) in [5, 5.41) is 9.90. The largest absolute Gasteiger partial charge is 0.310 e. The summed E-state index contributed by atoms with van der Waals surface area (Å²) in [6.07, 6.45) is 0. The lowest BCUT2D eigenvalue weighted by Gasteiger charge is -2.45. The highest BCUT2D eigenvalue weighted by Gasteiger charge is 2.53. The first-order valence-electron chi connectivity index (χ1n) is 34.1. The highest BCUT2D eigenvalue weighted by Crippen LogP contribution is 2.66. The van der Waals surface area contributed by atoms with E-state index in [2.05, 4.69) is 331 Å². The second-order valence-electron chi connectivity index (χ2n) is 26.2. The number of fused-ring (bicyclic) bond motifs is 18. The molecule has 4 aliphatic rings. The maximum atomic E-state index is 5.16. The lowest BCUT2D eigenvalue weighted by atomic mass is 9.64. The van der Waals surface area contributed by atoms with Crippen LogP contribution >= 0.6 is 0 Å². The Bertz CT molecular complexity index is 5760. The molecule has 0 atom stereocenters. The Morgan fingerprint density at radius 1 is 0.190 bits per heavy atom. The maximum Gasteiger partial charge on any atom is 0.164 e. The predicted octanol–water partition coefficient (Wildman–Crippen LogP) is 22.6. The van der Waals surface area contributed by atoms with Crippen LogP contribution < -0.4 is 9.80 Å². The number of hydrogen-bond acceptors (Lipinski definition) is 7. The standard InChI is InChI=1S/C93H59N7/c1-4-24-63(25-5-1)89-94-90(64-26-6-2-7-27-64)96-91(95-89)66-51-55-77-74(58-66)71-32-13-15-35-76(71)92(77)78-36-16-20-40-85(78)100(86-41-21-17-37-79(86)92)68-52-48-61(49-53-68)60-44-46-62(47-45-60)83-56-57-84(98-97-83)73-33-11-10-30-69(73)65-50-54-72-70-31-12-14-34-75(70)93(82(72)59-65)80-38-18-22-42-87(80)99(67-28-8-3-9-29-67)88-43-23-19-39-81(88)93/h1-59H. The zero-order chi connectivity index (χ0) is 65.9. The first-order chi connectivity index (χ1) is 49.6. The van der Waals surface area contributed by atoms with Crippen LogP contribution in [0.1, 0.15) is 44.5 Å². The predicted molar refractivity (Wildman–Crippen MR) is 405 cm³/mol. The minimum Gasteiger partial charge on any atom is -0.310 e. The summed E-state index contributed by atoms with van der Waals surface area (Å²) in [7, 11) is 0. The first-order valence-corrected chi connectivity index (χ1v) is 34.1. The van der Waals surface area contributed by atoms with Gasteiger partial charge in [0, 0.05) is 39.2 Å². The number of aromatic nitrogens is 5. The number of anilines is 6. The first kappa shape index (κ1) is 57.1. The molecular formula is C93H59N7. The van der Waals surface area contributed by atoms with Crippen molar-refractivity contribution in [2.45, 2.75) is 10.8 Å². The highest BCUT2D eigenvalue weighted by atomic mass is 15.2. The van der Waals surface area contributed by atoms with E-state index in [4.69, 9.17) is 25.1 Å². The summed E-state index contributed by atoms with van der Waals surface area (Å²) in [4.78, 5) is 20.2. The molecule has 2 aromatic heterocycles. The van der Waals surface area contributed by atoms with Crippen LogP contribution in [0.3, 0.4) is 0 Å². The van der Waals surface area contributed by atoms with E-state index in [1.807, 2.05) is 36.4 Å². The van der Waals surface area contributed by atoms with E-state index in [0.29, 0.717) is 17.5 Å². The van der Waals surface area contributed by atoms with Crippen molar-refractivity contribution >= 4 is 34.1 Å². The van der Waals surface area contributed by atoms with Crippen LogP contribution in [0, 0.1) is 0 Å². The number of nitrogens with zero attached hydrogens (tertiary/aromatic N) is 7. The Balaban J connectivity index is 0.603. The molecule has 466 valence electrons. The van der Waals surface area contributed by atoms with E-state index < -0.39 is 10.8 Å². The fourth-order valence-corrected chi connectivity index (χ4v) is 16.8. The molecule has 4 heterocycles. The molecule has 7 heteroatoms. The average molecular weight is 1270 g/mol. The van der Waals surface area contributed by atoms with E-state index in [-0.39, 0.29) is 0 Å². The van der Waals surface area contributed by atoms with Gasteiger partial charge in [0.2, 0.25) is 0 Å². The van der Waals surface area contributed by atoms with Crippen molar-refractivity contribution < 1.29 is 0 Å². The Hall–Kier alpha value is -13.2. The summed E-state index contributed by atoms with van der Waals surface area (Å²) in [5.74, 6) is 1.90. The van der Waals surface area contributed by atoms with Crippen LogP contribution in [-0.4, -0.2) is 25.1 Å². The Labute approximate surface area is 580 Å². The van der Waals surface area contributed by atoms with E-state index in [0.717, 1.165) is 89.8 Å². The molecule has 2 spiro atoms. The molecule has 7 nitrogen and oxygen atoms in total. The van der Waals surface area contributed by atoms with Crippen LogP contribution in [-0.2, 0) is 10.8 Å². The van der Waals surface area contributed by atoms with Crippen molar-refractivity contribution in [3.05, 3.63) is 402 Å². The molecule has 2 aliphatic carbocycles. The molecule has 14 aromatic carbocycles. The minimum atomic E-state index is -0.611. The van der Waals surface area contributed by atoms with E-state index >= 15 is 0 Å².